The molecule has 21 heavy (non-hydrogen) atoms. The van der Waals surface area contributed by atoms with Gasteiger partial charge in [-0.1, -0.05) is 29.3 Å². The van der Waals surface area contributed by atoms with Gasteiger partial charge in [-0.3, -0.25) is 9.78 Å². The molecule has 106 valence electrons. The van der Waals surface area contributed by atoms with Gasteiger partial charge < -0.3 is 11.1 Å². The summed E-state index contributed by atoms with van der Waals surface area (Å²) in [6, 6.07) is 10.1. The van der Waals surface area contributed by atoms with Crippen LogP contribution in [0.3, 0.4) is 0 Å². The molecule has 0 unspecified atom stereocenters. The average molecular weight is 321 g/mol. The summed E-state index contributed by atoms with van der Waals surface area (Å²) in [5.74, 6) is 0.279. The van der Waals surface area contributed by atoms with Gasteiger partial charge in [0.05, 0.1) is 26.6 Å². The molecule has 7 heteroatoms. The highest BCUT2D eigenvalue weighted by atomic mass is 35.5. The minimum atomic E-state index is -0.284. The van der Waals surface area contributed by atoms with Crippen molar-refractivity contribution in [2.24, 2.45) is 0 Å². The topological polar surface area (TPSA) is 83.8 Å². The zero-order valence-corrected chi connectivity index (χ0v) is 12.2. The third-order valence-electron chi connectivity index (χ3n) is 2.93. The van der Waals surface area contributed by atoms with Crippen LogP contribution in [0.1, 0.15) is 0 Å². The third kappa shape index (κ3) is 2.66. The normalized spacial score (nSPS) is 10.8. The number of fused-ring (bicyclic) bond motifs is 1. The van der Waals surface area contributed by atoms with Crippen LogP contribution in [-0.4, -0.2) is 9.97 Å². The number of aromatic amines is 1. The van der Waals surface area contributed by atoms with E-state index in [-0.39, 0.29) is 11.5 Å². The van der Waals surface area contributed by atoms with Crippen LogP contribution >= 0.6 is 23.2 Å². The molecular weight excluding hydrogens is 311 g/mol. The molecule has 5 nitrogen and oxygen atoms in total. The Kier molecular flexibility index (Phi) is 3.45. The van der Waals surface area contributed by atoms with Gasteiger partial charge in [-0.05, 0) is 30.3 Å². The van der Waals surface area contributed by atoms with Crippen LogP contribution in [0.25, 0.3) is 10.9 Å². The molecule has 0 aliphatic carbocycles. The van der Waals surface area contributed by atoms with Gasteiger partial charge in [0.15, 0.2) is 0 Å². The summed E-state index contributed by atoms with van der Waals surface area (Å²) in [7, 11) is 0. The van der Waals surface area contributed by atoms with Crippen LogP contribution in [0.2, 0.25) is 10.0 Å². The standard InChI is InChI=1S/C14H10Cl2N4O/c15-9-2-1-3-11(12(9)16)19-14-18-10-5-4-7(17)6-8(10)13(21)20-14/h1-6H,17H2,(H2,18,19,20,21). The van der Waals surface area contributed by atoms with Crippen molar-refractivity contribution in [1.29, 1.82) is 0 Å². The number of H-pyrrole nitrogens is 1. The Hall–Kier alpha value is -2.24. The summed E-state index contributed by atoms with van der Waals surface area (Å²) in [4.78, 5) is 19.0. The molecule has 0 amide bonds. The maximum atomic E-state index is 12.0. The summed E-state index contributed by atoms with van der Waals surface area (Å²) in [5.41, 5.74) is 6.98. The van der Waals surface area contributed by atoms with Crippen molar-refractivity contribution in [1.82, 2.24) is 9.97 Å². The minimum Gasteiger partial charge on any atom is -0.399 e. The number of rotatable bonds is 2. The van der Waals surface area contributed by atoms with E-state index in [4.69, 9.17) is 28.9 Å². The highest BCUT2D eigenvalue weighted by Gasteiger charge is 2.08. The number of anilines is 3. The summed E-state index contributed by atoms with van der Waals surface area (Å²) < 4.78 is 0. The fourth-order valence-electron chi connectivity index (χ4n) is 1.94. The highest BCUT2D eigenvalue weighted by molar-refractivity contribution is 6.43. The van der Waals surface area contributed by atoms with Gasteiger partial charge in [0.25, 0.3) is 5.56 Å². The molecule has 0 spiro atoms. The van der Waals surface area contributed by atoms with E-state index in [1.807, 2.05) is 0 Å². The van der Waals surface area contributed by atoms with Gasteiger partial charge >= 0.3 is 0 Å². The van der Waals surface area contributed by atoms with E-state index < -0.39 is 0 Å². The van der Waals surface area contributed by atoms with Crippen molar-refractivity contribution in [2.45, 2.75) is 0 Å². The zero-order valence-electron chi connectivity index (χ0n) is 10.7. The lowest BCUT2D eigenvalue weighted by Crippen LogP contribution is -2.11. The second kappa shape index (κ2) is 5.27. The lowest BCUT2D eigenvalue weighted by atomic mass is 10.2. The summed E-state index contributed by atoms with van der Waals surface area (Å²) in [5, 5.41) is 4.15. The molecule has 0 radical (unpaired) electrons. The number of nitrogen functional groups attached to an aromatic ring is 1. The van der Waals surface area contributed by atoms with E-state index in [9.17, 15) is 4.79 Å². The highest BCUT2D eigenvalue weighted by Crippen LogP contribution is 2.30. The first kappa shape index (κ1) is 13.7. The van der Waals surface area contributed by atoms with E-state index >= 15 is 0 Å². The quantitative estimate of drug-likeness (QED) is 0.630. The second-order valence-corrected chi connectivity index (χ2v) is 5.20. The smallest absolute Gasteiger partial charge is 0.260 e. The first-order valence-electron chi connectivity index (χ1n) is 6.05. The third-order valence-corrected chi connectivity index (χ3v) is 3.75. The van der Waals surface area contributed by atoms with E-state index in [2.05, 4.69) is 15.3 Å². The number of nitrogens with two attached hydrogens (primary N) is 1. The Balaban J connectivity index is 2.08. The summed E-state index contributed by atoms with van der Waals surface area (Å²) >= 11 is 12.0. The number of halogens is 2. The van der Waals surface area contributed by atoms with Crippen molar-refractivity contribution in [3.8, 4) is 0 Å². The lowest BCUT2D eigenvalue weighted by molar-refractivity contribution is 1.17. The van der Waals surface area contributed by atoms with Crippen LogP contribution < -0.4 is 16.6 Å². The molecule has 0 aliphatic heterocycles. The molecule has 4 N–H and O–H groups in total. The molecule has 0 aliphatic rings. The predicted molar refractivity (Wildman–Crippen MR) is 86.5 cm³/mol. The van der Waals surface area contributed by atoms with Crippen molar-refractivity contribution >= 4 is 51.4 Å². The molecule has 0 saturated carbocycles. The molecule has 0 fully saturated rings. The number of hydrogen-bond acceptors (Lipinski definition) is 4. The molecule has 1 heterocycles. The number of aromatic nitrogens is 2. The molecule has 0 bridgehead atoms. The van der Waals surface area contributed by atoms with Crippen LogP contribution in [0.4, 0.5) is 17.3 Å². The molecule has 0 atom stereocenters. The number of nitrogens with one attached hydrogen (secondary N) is 2. The Morgan fingerprint density at radius 2 is 2.00 bits per heavy atom. The summed E-state index contributed by atoms with van der Waals surface area (Å²) in [6.07, 6.45) is 0. The van der Waals surface area contributed by atoms with Gasteiger partial charge in [0, 0.05) is 5.69 Å². The van der Waals surface area contributed by atoms with Crippen LogP contribution in [-0.2, 0) is 0 Å². The van der Waals surface area contributed by atoms with Crippen molar-refractivity contribution in [2.75, 3.05) is 11.1 Å². The van der Waals surface area contributed by atoms with E-state index in [0.717, 1.165) is 0 Å². The molecule has 0 saturated heterocycles. The van der Waals surface area contributed by atoms with Crippen molar-refractivity contribution in [3.63, 3.8) is 0 Å². The molecule has 2 aromatic carbocycles. The predicted octanol–water partition coefficient (Wildman–Crippen LogP) is 3.56. The van der Waals surface area contributed by atoms with Gasteiger partial charge in [0.2, 0.25) is 5.95 Å². The SMILES string of the molecule is Nc1ccc2nc(Nc3cccc(Cl)c3Cl)[nH]c(=O)c2c1. The first-order chi connectivity index (χ1) is 10.0. The monoisotopic (exact) mass is 320 g/mol. The Bertz CT molecular complexity index is 892. The molecule has 1 aromatic heterocycles. The van der Waals surface area contributed by atoms with Crippen LogP contribution in [0.5, 0.6) is 0 Å². The van der Waals surface area contributed by atoms with E-state index in [1.54, 1.807) is 36.4 Å². The Morgan fingerprint density at radius 3 is 2.81 bits per heavy atom. The fourth-order valence-corrected chi connectivity index (χ4v) is 2.29. The summed E-state index contributed by atoms with van der Waals surface area (Å²) in [6.45, 7) is 0. The van der Waals surface area contributed by atoms with Crippen LogP contribution in [0, 0.1) is 0 Å². The number of hydrogen-bond donors (Lipinski definition) is 3. The molecule has 3 aromatic rings. The van der Waals surface area contributed by atoms with Crippen molar-refractivity contribution < 1.29 is 0 Å². The fraction of sp³-hybridized carbons (Fsp3) is 0. The second-order valence-electron chi connectivity index (χ2n) is 4.42. The van der Waals surface area contributed by atoms with Gasteiger partial charge in [-0.2, -0.15) is 0 Å². The van der Waals surface area contributed by atoms with E-state index in [0.29, 0.717) is 32.3 Å². The lowest BCUT2D eigenvalue weighted by Gasteiger charge is -2.09. The molecule has 3 rings (SSSR count). The zero-order chi connectivity index (χ0) is 15.0. The van der Waals surface area contributed by atoms with Gasteiger partial charge in [-0.25, -0.2) is 4.98 Å². The number of benzene rings is 2. The largest absolute Gasteiger partial charge is 0.399 e. The van der Waals surface area contributed by atoms with Crippen LogP contribution in [0.15, 0.2) is 41.2 Å². The Morgan fingerprint density at radius 1 is 1.19 bits per heavy atom. The van der Waals surface area contributed by atoms with Crippen molar-refractivity contribution in [3.05, 3.63) is 56.8 Å². The maximum Gasteiger partial charge on any atom is 0.260 e. The average Bonchev–Trinajstić information content (AvgIpc) is 2.45. The van der Waals surface area contributed by atoms with Gasteiger partial charge in [0.1, 0.15) is 0 Å². The minimum absolute atomic E-state index is 0.279. The molecular formula is C14H10Cl2N4O. The van der Waals surface area contributed by atoms with Gasteiger partial charge in [-0.15, -0.1) is 0 Å². The number of nitrogens with zero attached hydrogens (tertiary/aromatic N) is 1. The Labute approximate surface area is 129 Å². The van der Waals surface area contributed by atoms with E-state index in [1.165, 1.54) is 0 Å². The first-order valence-corrected chi connectivity index (χ1v) is 6.81. The maximum absolute atomic E-state index is 12.0.